The number of aromatic nitrogens is 4. The lowest BCUT2D eigenvalue weighted by Gasteiger charge is -2.36. The molecular formula is C25H22Cl3N5. The summed E-state index contributed by atoms with van der Waals surface area (Å²) in [5, 5.41) is 4.22. The molecule has 1 aliphatic rings. The summed E-state index contributed by atoms with van der Waals surface area (Å²) in [6.07, 6.45) is 3.84. The summed E-state index contributed by atoms with van der Waals surface area (Å²) >= 11 is 16.9. The van der Waals surface area contributed by atoms with Crippen molar-refractivity contribution in [2.45, 2.75) is 31.2 Å². The van der Waals surface area contributed by atoms with Crippen LogP contribution in [0.5, 0.6) is 0 Å². The van der Waals surface area contributed by atoms with Crippen LogP contribution in [0.15, 0.2) is 79.0 Å². The Morgan fingerprint density at radius 2 is 1.45 bits per heavy atom. The van der Waals surface area contributed by atoms with Gasteiger partial charge in [-0.1, -0.05) is 72.3 Å². The number of hydrogen-bond donors (Lipinski definition) is 1. The molecule has 2 aromatic carbocycles. The maximum atomic E-state index is 6.19. The summed E-state index contributed by atoms with van der Waals surface area (Å²) in [5.41, 5.74) is 3.63. The average molecular weight is 499 g/mol. The Morgan fingerprint density at radius 1 is 0.758 bits per heavy atom. The van der Waals surface area contributed by atoms with Gasteiger partial charge in [0.1, 0.15) is 11.0 Å². The number of nitrogens with one attached hydrogen (secondary N) is 1. The summed E-state index contributed by atoms with van der Waals surface area (Å²) in [5.74, 6) is 1.73. The van der Waals surface area contributed by atoms with Gasteiger partial charge in [0.2, 0.25) is 10.6 Å². The summed E-state index contributed by atoms with van der Waals surface area (Å²) in [4.78, 5) is 16.0. The van der Waals surface area contributed by atoms with Gasteiger partial charge in [0.15, 0.2) is 0 Å². The molecule has 2 atom stereocenters. The minimum Gasteiger partial charge on any atom is -0.366 e. The Bertz CT molecular complexity index is 1160. The van der Waals surface area contributed by atoms with Crippen LogP contribution in [-0.4, -0.2) is 19.9 Å². The van der Waals surface area contributed by atoms with Crippen molar-refractivity contribution < 1.29 is 0 Å². The normalized spacial score (nSPS) is 16.8. The zero-order chi connectivity index (χ0) is 23.0. The van der Waals surface area contributed by atoms with Gasteiger partial charge < -0.3 is 5.32 Å². The Morgan fingerprint density at radius 3 is 2.06 bits per heavy atom. The van der Waals surface area contributed by atoms with Crippen LogP contribution < -0.4 is 5.32 Å². The van der Waals surface area contributed by atoms with Crippen LogP contribution in [-0.2, 0) is 6.54 Å². The van der Waals surface area contributed by atoms with E-state index in [1.165, 1.54) is 23.7 Å². The summed E-state index contributed by atoms with van der Waals surface area (Å²) in [6.45, 7) is 0.723. The van der Waals surface area contributed by atoms with E-state index in [0.717, 1.165) is 24.5 Å². The van der Waals surface area contributed by atoms with E-state index in [9.17, 15) is 0 Å². The maximum Gasteiger partial charge on any atom is 0.224 e. The third-order valence-corrected chi connectivity index (χ3v) is 6.07. The first kappa shape index (κ1) is 23.4. The third-order valence-electron chi connectivity index (χ3n) is 5.51. The number of nitrogens with zero attached hydrogens (tertiary/aromatic N) is 4. The molecule has 33 heavy (non-hydrogen) atoms. The van der Waals surface area contributed by atoms with Gasteiger partial charge in [0.05, 0.1) is 5.69 Å². The smallest absolute Gasteiger partial charge is 0.224 e. The number of benzene rings is 2. The van der Waals surface area contributed by atoms with Crippen molar-refractivity contribution in [3.05, 3.63) is 112 Å². The highest BCUT2D eigenvalue weighted by molar-refractivity contribution is 6.31. The predicted molar refractivity (Wildman–Crippen MR) is 134 cm³/mol. The molecule has 0 aliphatic heterocycles. The fourth-order valence-corrected chi connectivity index (χ4v) is 4.29. The lowest BCUT2D eigenvalue weighted by molar-refractivity contribution is 0.339. The van der Waals surface area contributed by atoms with Gasteiger partial charge in [-0.15, -0.1) is 0 Å². The van der Waals surface area contributed by atoms with Crippen LogP contribution >= 0.6 is 34.8 Å². The van der Waals surface area contributed by atoms with Crippen molar-refractivity contribution in [1.29, 1.82) is 0 Å². The monoisotopic (exact) mass is 497 g/mol. The second kappa shape index (κ2) is 11.4. The van der Waals surface area contributed by atoms with Gasteiger partial charge >= 0.3 is 0 Å². The van der Waals surface area contributed by atoms with E-state index >= 15 is 0 Å². The predicted octanol–water partition coefficient (Wildman–Crippen LogP) is 7.19. The molecule has 8 heteroatoms. The largest absolute Gasteiger partial charge is 0.366 e. The first-order valence-electron chi connectivity index (χ1n) is 10.6. The molecule has 168 valence electrons. The van der Waals surface area contributed by atoms with Gasteiger partial charge in [0.25, 0.3) is 0 Å². The van der Waals surface area contributed by atoms with Crippen LogP contribution in [0.25, 0.3) is 0 Å². The molecule has 0 amide bonds. The molecule has 2 aromatic heterocycles. The van der Waals surface area contributed by atoms with Crippen molar-refractivity contribution in [3.63, 3.8) is 0 Å². The SMILES string of the molecule is Clc1ccnc(Cl)n1.Clc1nc(NCc2ccccc2)cc([C@H]2CCC2c2ccccc2)n1. The van der Waals surface area contributed by atoms with Crippen LogP contribution in [0.4, 0.5) is 5.82 Å². The number of hydrogen-bond acceptors (Lipinski definition) is 5. The molecule has 4 aromatic rings. The van der Waals surface area contributed by atoms with E-state index in [0.29, 0.717) is 22.3 Å². The third kappa shape index (κ3) is 6.64. The highest BCUT2D eigenvalue weighted by Crippen LogP contribution is 2.48. The van der Waals surface area contributed by atoms with Crippen LogP contribution in [0, 0.1) is 0 Å². The van der Waals surface area contributed by atoms with Crippen molar-refractivity contribution in [3.8, 4) is 0 Å². The minimum absolute atomic E-state index is 0.178. The first-order valence-corrected chi connectivity index (χ1v) is 11.7. The van der Waals surface area contributed by atoms with Crippen molar-refractivity contribution in [2.75, 3.05) is 5.32 Å². The van der Waals surface area contributed by atoms with Crippen molar-refractivity contribution >= 4 is 40.6 Å². The number of rotatable bonds is 5. The van der Waals surface area contributed by atoms with E-state index in [-0.39, 0.29) is 5.28 Å². The highest BCUT2D eigenvalue weighted by atomic mass is 35.5. The Balaban J connectivity index is 0.000000275. The minimum atomic E-state index is 0.178. The zero-order valence-corrected chi connectivity index (χ0v) is 20.0. The molecule has 0 saturated heterocycles. The molecule has 1 fully saturated rings. The fraction of sp³-hybridized carbons (Fsp3) is 0.200. The topological polar surface area (TPSA) is 63.6 Å². The molecular weight excluding hydrogens is 477 g/mol. The zero-order valence-electron chi connectivity index (χ0n) is 17.7. The van der Waals surface area contributed by atoms with Crippen molar-refractivity contribution in [2.24, 2.45) is 0 Å². The Hall–Kier alpha value is -2.73. The molecule has 0 radical (unpaired) electrons. The molecule has 0 spiro atoms. The number of anilines is 1. The molecule has 1 aliphatic carbocycles. The quantitative estimate of drug-likeness (QED) is 0.233. The summed E-state index contributed by atoms with van der Waals surface area (Å²) in [6, 6.07) is 24.6. The average Bonchev–Trinajstić information content (AvgIpc) is 2.78. The van der Waals surface area contributed by atoms with E-state index in [1.807, 2.05) is 18.2 Å². The second-order valence-corrected chi connectivity index (χ2v) is 8.70. The van der Waals surface area contributed by atoms with E-state index in [2.05, 4.69) is 73.8 Å². The van der Waals surface area contributed by atoms with Gasteiger partial charge in [-0.05, 0) is 59.2 Å². The molecule has 0 bridgehead atoms. The van der Waals surface area contributed by atoms with E-state index in [1.54, 1.807) is 6.07 Å². The van der Waals surface area contributed by atoms with E-state index < -0.39 is 0 Å². The summed E-state index contributed by atoms with van der Waals surface area (Å²) in [7, 11) is 0. The molecule has 1 N–H and O–H groups in total. The van der Waals surface area contributed by atoms with Crippen LogP contribution in [0.2, 0.25) is 15.7 Å². The highest BCUT2D eigenvalue weighted by Gasteiger charge is 2.34. The summed E-state index contributed by atoms with van der Waals surface area (Å²) < 4.78 is 0. The lowest BCUT2D eigenvalue weighted by Crippen LogP contribution is -2.23. The molecule has 1 saturated carbocycles. The van der Waals surface area contributed by atoms with Crippen LogP contribution in [0.1, 0.15) is 41.5 Å². The fourth-order valence-electron chi connectivity index (χ4n) is 3.77. The molecule has 5 rings (SSSR count). The number of halogens is 3. The Kier molecular flexibility index (Phi) is 8.10. The first-order chi connectivity index (χ1) is 16.1. The van der Waals surface area contributed by atoms with Gasteiger partial charge in [-0.2, -0.15) is 0 Å². The Labute approximate surface area is 208 Å². The van der Waals surface area contributed by atoms with Gasteiger partial charge in [-0.3, -0.25) is 0 Å². The van der Waals surface area contributed by atoms with Gasteiger partial charge in [0, 0.05) is 24.7 Å². The van der Waals surface area contributed by atoms with Gasteiger partial charge in [-0.25, -0.2) is 19.9 Å². The molecule has 2 heterocycles. The second-order valence-electron chi connectivity index (χ2n) is 7.64. The molecule has 5 nitrogen and oxygen atoms in total. The van der Waals surface area contributed by atoms with Crippen molar-refractivity contribution in [1.82, 2.24) is 19.9 Å². The lowest BCUT2D eigenvalue weighted by atomic mass is 9.68. The van der Waals surface area contributed by atoms with Crippen LogP contribution in [0.3, 0.4) is 0 Å². The maximum absolute atomic E-state index is 6.19. The van der Waals surface area contributed by atoms with E-state index in [4.69, 9.17) is 34.8 Å². The molecule has 1 unspecified atom stereocenters. The standard InChI is InChI=1S/C21H20ClN3.C4H2Cl2N2/c22-21-24-19(18-12-11-17(18)16-9-5-2-6-10-16)13-20(25-21)23-14-15-7-3-1-4-8-15;5-3-1-2-7-4(6)8-3/h1-10,13,17-18H,11-12,14H2,(H,23,24,25);1-2H/t17?,18-;/m0./s1.